The van der Waals surface area contributed by atoms with E-state index in [1.165, 1.54) is 13.4 Å². The third-order valence-electron chi connectivity index (χ3n) is 7.65. The number of anilines is 1. The molecular weight excluding hydrogens is 550 g/mol. The maximum atomic E-state index is 13.1. The number of ether oxygens (including phenoxy) is 3. The summed E-state index contributed by atoms with van der Waals surface area (Å²) in [5.74, 6) is 0.521. The van der Waals surface area contributed by atoms with E-state index in [0.717, 1.165) is 19.3 Å². The lowest BCUT2D eigenvalue weighted by atomic mass is 9.99. The summed E-state index contributed by atoms with van der Waals surface area (Å²) >= 11 is 0. The van der Waals surface area contributed by atoms with Crippen molar-refractivity contribution >= 4 is 28.7 Å². The highest BCUT2D eigenvalue weighted by atomic mass is 16.5. The second kappa shape index (κ2) is 12.4. The van der Waals surface area contributed by atoms with Crippen molar-refractivity contribution < 1.29 is 23.8 Å². The lowest BCUT2D eigenvalue weighted by Crippen LogP contribution is -2.38. The van der Waals surface area contributed by atoms with Gasteiger partial charge in [0.05, 0.1) is 30.0 Å². The molecule has 4 aromatic rings. The van der Waals surface area contributed by atoms with Gasteiger partial charge in [-0.25, -0.2) is 24.7 Å². The van der Waals surface area contributed by atoms with Crippen LogP contribution in [-0.4, -0.2) is 76.2 Å². The minimum Gasteiger partial charge on any atom is -0.480 e. The van der Waals surface area contributed by atoms with E-state index in [0.29, 0.717) is 60.0 Å². The van der Waals surface area contributed by atoms with Crippen LogP contribution in [0.15, 0.2) is 55.0 Å². The van der Waals surface area contributed by atoms with Gasteiger partial charge in [0, 0.05) is 50.0 Å². The van der Waals surface area contributed by atoms with Crippen LogP contribution >= 0.6 is 0 Å². The molecule has 5 heterocycles. The SMILES string of the molecule is COc1ncc(-c2ccc3ncnc(N[C@H]4CCN(C(=O)C5CCOCC5)C4)c3n2)cc1C(=O)Oc1ccc(C#N)cc1. The third-order valence-corrected chi connectivity index (χ3v) is 7.65. The van der Waals surface area contributed by atoms with E-state index >= 15 is 0 Å². The summed E-state index contributed by atoms with van der Waals surface area (Å²) in [5, 5.41) is 12.5. The number of nitriles is 1. The van der Waals surface area contributed by atoms with Gasteiger partial charge in [-0.2, -0.15) is 5.26 Å². The number of nitrogens with zero attached hydrogens (tertiary/aromatic N) is 6. The zero-order valence-corrected chi connectivity index (χ0v) is 23.5. The van der Waals surface area contributed by atoms with Gasteiger partial charge in [-0.3, -0.25) is 4.79 Å². The van der Waals surface area contributed by atoms with E-state index in [-0.39, 0.29) is 35.1 Å². The Balaban J connectivity index is 1.22. The van der Waals surface area contributed by atoms with Crippen molar-refractivity contribution in [1.82, 2.24) is 24.8 Å². The van der Waals surface area contributed by atoms with Gasteiger partial charge in [-0.15, -0.1) is 0 Å². The van der Waals surface area contributed by atoms with Crippen molar-refractivity contribution in [3.05, 3.63) is 66.1 Å². The largest absolute Gasteiger partial charge is 0.480 e. The van der Waals surface area contributed by atoms with Crippen LogP contribution in [-0.2, 0) is 9.53 Å². The van der Waals surface area contributed by atoms with E-state index in [1.54, 1.807) is 42.6 Å². The molecule has 1 amide bonds. The molecule has 1 N–H and O–H groups in total. The van der Waals surface area contributed by atoms with E-state index in [1.807, 2.05) is 17.0 Å². The van der Waals surface area contributed by atoms with Gasteiger partial charge in [-0.05, 0) is 61.7 Å². The molecule has 1 atom stereocenters. The maximum Gasteiger partial charge on any atom is 0.349 e. The number of hydrogen-bond donors (Lipinski definition) is 1. The Labute approximate surface area is 247 Å². The van der Waals surface area contributed by atoms with Gasteiger partial charge in [0.1, 0.15) is 23.2 Å². The number of benzene rings is 1. The van der Waals surface area contributed by atoms with Gasteiger partial charge in [-0.1, -0.05) is 0 Å². The molecule has 12 nitrogen and oxygen atoms in total. The highest BCUT2D eigenvalue weighted by Crippen LogP contribution is 2.29. The average Bonchev–Trinajstić information content (AvgIpc) is 3.53. The Hall–Kier alpha value is -5.15. The van der Waals surface area contributed by atoms with Crippen molar-refractivity contribution in [1.29, 1.82) is 5.26 Å². The van der Waals surface area contributed by atoms with Gasteiger partial charge in [0.2, 0.25) is 11.8 Å². The van der Waals surface area contributed by atoms with Gasteiger partial charge < -0.3 is 24.4 Å². The summed E-state index contributed by atoms with van der Waals surface area (Å²) in [5.41, 5.74) is 2.90. The number of fused-ring (bicyclic) bond motifs is 1. The van der Waals surface area contributed by atoms with Crippen LogP contribution in [0, 0.1) is 17.2 Å². The van der Waals surface area contributed by atoms with Crippen LogP contribution < -0.4 is 14.8 Å². The number of methoxy groups -OCH3 is 1. The van der Waals surface area contributed by atoms with Crippen LogP contribution in [0.3, 0.4) is 0 Å². The fraction of sp³-hybridized carbons (Fsp3) is 0.323. The summed E-state index contributed by atoms with van der Waals surface area (Å²) < 4.78 is 16.2. The summed E-state index contributed by atoms with van der Waals surface area (Å²) in [6.45, 7) is 2.55. The monoisotopic (exact) mass is 579 g/mol. The van der Waals surface area contributed by atoms with Crippen LogP contribution in [0.2, 0.25) is 0 Å². The molecule has 43 heavy (non-hydrogen) atoms. The number of carbonyl (C=O) groups is 2. The predicted octanol–water partition coefficient (Wildman–Crippen LogP) is 3.63. The van der Waals surface area contributed by atoms with Crippen LogP contribution in [0.4, 0.5) is 5.82 Å². The zero-order chi connectivity index (χ0) is 29.8. The fourth-order valence-electron chi connectivity index (χ4n) is 5.34. The normalized spacial score (nSPS) is 16.9. The Morgan fingerprint density at radius 2 is 1.88 bits per heavy atom. The first-order chi connectivity index (χ1) is 21.0. The van der Waals surface area contributed by atoms with Gasteiger partial charge >= 0.3 is 5.97 Å². The number of rotatable bonds is 7. The number of carbonyl (C=O) groups excluding carboxylic acids is 2. The molecule has 2 aliphatic rings. The summed E-state index contributed by atoms with van der Waals surface area (Å²) in [6.07, 6.45) is 5.39. The number of nitrogens with one attached hydrogen (secondary N) is 1. The van der Waals surface area contributed by atoms with E-state index < -0.39 is 5.97 Å². The maximum absolute atomic E-state index is 13.1. The lowest BCUT2D eigenvalue weighted by molar-refractivity contribution is -0.137. The van der Waals surface area contributed by atoms with Crippen LogP contribution in [0.5, 0.6) is 11.6 Å². The molecule has 1 aromatic carbocycles. The summed E-state index contributed by atoms with van der Waals surface area (Å²) in [7, 11) is 1.42. The van der Waals surface area contributed by atoms with Crippen molar-refractivity contribution in [3.8, 4) is 29.0 Å². The van der Waals surface area contributed by atoms with Crippen molar-refractivity contribution in [2.45, 2.75) is 25.3 Å². The molecule has 0 spiro atoms. The Morgan fingerprint density at radius 1 is 1.07 bits per heavy atom. The molecule has 0 saturated carbocycles. The smallest absolute Gasteiger partial charge is 0.349 e. The van der Waals surface area contributed by atoms with Crippen molar-refractivity contribution in [2.75, 3.05) is 38.7 Å². The number of amides is 1. The molecule has 218 valence electrons. The molecule has 12 heteroatoms. The molecule has 2 aliphatic heterocycles. The van der Waals surface area contributed by atoms with E-state index in [2.05, 4.69) is 20.3 Å². The van der Waals surface area contributed by atoms with E-state index in [4.69, 9.17) is 24.5 Å². The summed E-state index contributed by atoms with van der Waals surface area (Å²) in [4.78, 5) is 46.0. The van der Waals surface area contributed by atoms with Gasteiger partial charge in [0.15, 0.2) is 5.82 Å². The predicted molar refractivity (Wildman–Crippen MR) is 155 cm³/mol. The van der Waals surface area contributed by atoms with Crippen molar-refractivity contribution in [3.63, 3.8) is 0 Å². The first-order valence-corrected chi connectivity index (χ1v) is 14.0. The molecule has 0 radical (unpaired) electrons. The molecular formula is C31H29N7O5. The molecule has 0 unspecified atom stereocenters. The Bertz CT molecular complexity index is 1700. The Morgan fingerprint density at radius 3 is 2.65 bits per heavy atom. The zero-order valence-electron chi connectivity index (χ0n) is 23.5. The standard InChI is InChI=1S/C31H29N7O5/c1-41-29-24(31(40)43-23-4-2-19(15-32)3-5-23)14-21(16-33-29)25-6-7-26-27(37-25)28(35-18-34-26)36-22-8-11-38(17-22)30(39)20-9-12-42-13-10-20/h2-7,14,16,18,20,22H,8-13,17H2,1H3,(H,34,35,36)/t22-/m0/s1. The van der Waals surface area contributed by atoms with Crippen LogP contribution in [0.1, 0.15) is 35.2 Å². The highest BCUT2D eigenvalue weighted by Gasteiger charge is 2.32. The second-order valence-corrected chi connectivity index (χ2v) is 10.4. The number of aromatic nitrogens is 4. The first kappa shape index (κ1) is 28.0. The number of pyridine rings is 2. The number of likely N-dealkylation sites (tertiary alicyclic amines) is 1. The number of hydrogen-bond acceptors (Lipinski definition) is 11. The number of esters is 1. The molecule has 0 bridgehead atoms. The second-order valence-electron chi connectivity index (χ2n) is 10.4. The summed E-state index contributed by atoms with van der Waals surface area (Å²) in [6, 6.07) is 13.5. The van der Waals surface area contributed by atoms with E-state index in [9.17, 15) is 9.59 Å². The van der Waals surface area contributed by atoms with Crippen molar-refractivity contribution in [2.24, 2.45) is 5.92 Å². The first-order valence-electron chi connectivity index (χ1n) is 14.0. The molecule has 0 aliphatic carbocycles. The minimum atomic E-state index is -0.663. The van der Waals surface area contributed by atoms with Crippen LogP contribution in [0.25, 0.3) is 22.3 Å². The average molecular weight is 580 g/mol. The molecule has 2 fully saturated rings. The molecule has 3 aromatic heterocycles. The quantitative estimate of drug-likeness (QED) is 0.252. The molecule has 2 saturated heterocycles. The highest BCUT2D eigenvalue weighted by molar-refractivity contribution is 5.95. The molecule has 6 rings (SSSR count). The lowest BCUT2D eigenvalue weighted by Gasteiger charge is -2.26. The third kappa shape index (κ3) is 6.07. The topological polar surface area (TPSA) is 152 Å². The minimum absolute atomic E-state index is 0.0265. The Kier molecular flexibility index (Phi) is 8.06. The fourth-order valence-corrected chi connectivity index (χ4v) is 5.34. The van der Waals surface area contributed by atoms with Gasteiger partial charge in [0.25, 0.3) is 0 Å².